The lowest BCUT2D eigenvalue weighted by molar-refractivity contribution is -0.137. The first-order chi connectivity index (χ1) is 10.8. The largest absolute Gasteiger partial charge is 0.416 e. The Hall–Kier alpha value is -1.08. The Morgan fingerprint density at radius 2 is 1.57 bits per heavy atom. The van der Waals surface area contributed by atoms with Crippen molar-refractivity contribution in [3.05, 3.63) is 29.8 Å². The molecule has 0 bridgehead atoms. The van der Waals surface area contributed by atoms with Gasteiger partial charge in [0.1, 0.15) is 0 Å². The molecule has 0 aromatic heterocycles. The Kier molecular flexibility index (Phi) is 4.44. The van der Waals surface area contributed by atoms with Crippen LogP contribution in [-0.4, -0.2) is 25.3 Å². The van der Waals surface area contributed by atoms with E-state index in [4.69, 9.17) is 0 Å². The first-order valence-electron chi connectivity index (χ1n) is 7.99. The summed E-state index contributed by atoms with van der Waals surface area (Å²) in [6.45, 7) is 0.463. The van der Waals surface area contributed by atoms with Gasteiger partial charge in [0.05, 0.1) is 10.5 Å². The number of hydrogen-bond donors (Lipinski definition) is 0. The third-order valence-electron chi connectivity index (χ3n) is 4.98. The average Bonchev–Trinajstić information content (AvgIpc) is 2.53. The minimum absolute atomic E-state index is 0.00444. The third kappa shape index (κ3) is 3.26. The van der Waals surface area contributed by atoms with E-state index in [0.717, 1.165) is 62.8 Å². The highest BCUT2D eigenvalue weighted by molar-refractivity contribution is 7.89. The van der Waals surface area contributed by atoms with Gasteiger partial charge < -0.3 is 0 Å². The van der Waals surface area contributed by atoms with Crippen molar-refractivity contribution in [2.45, 2.75) is 55.6 Å². The zero-order valence-corrected chi connectivity index (χ0v) is 13.5. The smallest absolute Gasteiger partial charge is 0.207 e. The van der Waals surface area contributed by atoms with Crippen molar-refractivity contribution in [1.29, 1.82) is 0 Å². The van der Waals surface area contributed by atoms with E-state index in [-0.39, 0.29) is 10.9 Å². The molecule has 0 N–H and O–H groups in total. The van der Waals surface area contributed by atoms with Gasteiger partial charge in [-0.05, 0) is 55.9 Å². The predicted octanol–water partition coefficient (Wildman–Crippen LogP) is 4.05. The Bertz CT molecular complexity index is 653. The molecule has 128 valence electrons. The SMILES string of the molecule is O=S(=O)(c1ccc(C(F)(F)F)cc1)N1CCCC2CCCCC21. The van der Waals surface area contributed by atoms with Crippen molar-refractivity contribution in [3.63, 3.8) is 0 Å². The van der Waals surface area contributed by atoms with Crippen molar-refractivity contribution in [2.75, 3.05) is 6.54 Å². The van der Waals surface area contributed by atoms with E-state index in [2.05, 4.69) is 0 Å². The summed E-state index contributed by atoms with van der Waals surface area (Å²) in [6, 6.07) is 3.84. The summed E-state index contributed by atoms with van der Waals surface area (Å²) >= 11 is 0. The van der Waals surface area contributed by atoms with Crippen LogP contribution in [0, 0.1) is 5.92 Å². The molecule has 2 aliphatic rings. The lowest BCUT2D eigenvalue weighted by Gasteiger charge is -2.43. The maximum atomic E-state index is 12.8. The Balaban J connectivity index is 1.88. The van der Waals surface area contributed by atoms with E-state index in [1.54, 1.807) is 0 Å². The highest BCUT2D eigenvalue weighted by Crippen LogP contribution is 2.38. The number of fused-ring (bicyclic) bond motifs is 1. The second kappa shape index (κ2) is 6.09. The molecule has 1 aromatic carbocycles. The molecular formula is C16H20F3NO2S. The molecule has 1 aromatic rings. The van der Waals surface area contributed by atoms with Crippen molar-refractivity contribution >= 4 is 10.0 Å². The zero-order chi connectivity index (χ0) is 16.7. The van der Waals surface area contributed by atoms with Crippen LogP contribution in [0.15, 0.2) is 29.2 Å². The van der Waals surface area contributed by atoms with Gasteiger partial charge in [0.15, 0.2) is 0 Å². The lowest BCUT2D eigenvalue weighted by atomic mass is 9.79. The normalized spacial score (nSPS) is 26.7. The number of nitrogens with zero attached hydrogens (tertiary/aromatic N) is 1. The van der Waals surface area contributed by atoms with Gasteiger partial charge in [0.2, 0.25) is 10.0 Å². The fourth-order valence-electron chi connectivity index (χ4n) is 3.83. The van der Waals surface area contributed by atoms with Crippen molar-refractivity contribution in [2.24, 2.45) is 5.92 Å². The topological polar surface area (TPSA) is 37.4 Å². The van der Waals surface area contributed by atoms with Gasteiger partial charge in [-0.2, -0.15) is 17.5 Å². The molecule has 2 unspecified atom stereocenters. The molecule has 2 fully saturated rings. The Morgan fingerprint density at radius 3 is 2.22 bits per heavy atom. The van der Waals surface area contributed by atoms with Crippen LogP contribution in [-0.2, 0) is 16.2 Å². The Labute approximate surface area is 134 Å². The van der Waals surface area contributed by atoms with Crippen LogP contribution in [0.2, 0.25) is 0 Å². The van der Waals surface area contributed by atoms with Gasteiger partial charge in [-0.15, -0.1) is 0 Å². The van der Waals surface area contributed by atoms with Gasteiger partial charge in [-0.1, -0.05) is 12.8 Å². The molecule has 1 aliphatic carbocycles. The molecule has 3 rings (SSSR count). The molecule has 1 heterocycles. The number of hydrogen-bond acceptors (Lipinski definition) is 2. The summed E-state index contributed by atoms with van der Waals surface area (Å²) in [4.78, 5) is -0.0447. The first kappa shape index (κ1) is 16.8. The quantitative estimate of drug-likeness (QED) is 0.809. The van der Waals surface area contributed by atoms with Crippen LogP contribution in [0.4, 0.5) is 13.2 Å². The highest BCUT2D eigenvalue weighted by Gasteiger charge is 2.40. The van der Waals surface area contributed by atoms with E-state index in [1.165, 1.54) is 4.31 Å². The van der Waals surface area contributed by atoms with E-state index in [0.29, 0.717) is 12.5 Å². The summed E-state index contributed by atoms with van der Waals surface area (Å²) < 4.78 is 65.1. The standard InChI is InChI=1S/C16H20F3NO2S/c17-16(18,19)13-7-9-14(10-8-13)23(21,22)20-11-3-5-12-4-1-2-6-15(12)20/h7-10,12,15H,1-6,11H2. The molecule has 1 aliphatic heterocycles. The Morgan fingerprint density at radius 1 is 0.957 bits per heavy atom. The first-order valence-corrected chi connectivity index (χ1v) is 9.43. The predicted molar refractivity (Wildman–Crippen MR) is 80.3 cm³/mol. The monoisotopic (exact) mass is 347 g/mol. The maximum Gasteiger partial charge on any atom is 0.416 e. The summed E-state index contributed by atoms with van der Waals surface area (Å²) in [7, 11) is -3.73. The molecule has 0 spiro atoms. The van der Waals surface area contributed by atoms with Gasteiger partial charge in [0.25, 0.3) is 0 Å². The molecule has 0 radical (unpaired) electrons. The molecular weight excluding hydrogens is 327 g/mol. The summed E-state index contributed by atoms with van der Waals surface area (Å²) in [5, 5.41) is 0. The van der Waals surface area contributed by atoms with Crippen LogP contribution in [0.25, 0.3) is 0 Å². The van der Waals surface area contributed by atoms with Gasteiger partial charge in [-0.25, -0.2) is 8.42 Å². The van der Waals surface area contributed by atoms with Crippen LogP contribution < -0.4 is 0 Å². The number of benzene rings is 1. The van der Waals surface area contributed by atoms with Crippen LogP contribution in [0.5, 0.6) is 0 Å². The van der Waals surface area contributed by atoms with Gasteiger partial charge in [-0.3, -0.25) is 0 Å². The number of sulfonamides is 1. The molecule has 1 saturated heterocycles. The number of piperidine rings is 1. The molecule has 3 nitrogen and oxygen atoms in total. The fraction of sp³-hybridized carbons (Fsp3) is 0.625. The second-order valence-electron chi connectivity index (χ2n) is 6.39. The summed E-state index contributed by atoms with van der Waals surface area (Å²) in [6.07, 6.45) is 1.45. The van der Waals surface area contributed by atoms with Crippen molar-refractivity contribution in [3.8, 4) is 0 Å². The van der Waals surface area contributed by atoms with Gasteiger partial charge >= 0.3 is 6.18 Å². The molecule has 7 heteroatoms. The number of alkyl halides is 3. The lowest BCUT2D eigenvalue weighted by Crippen LogP contribution is -2.49. The molecule has 2 atom stereocenters. The highest BCUT2D eigenvalue weighted by atomic mass is 32.2. The summed E-state index contributed by atoms with van der Waals surface area (Å²) in [5.41, 5.74) is -0.828. The van der Waals surface area contributed by atoms with E-state index in [9.17, 15) is 21.6 Å². The van der Waals surface area contributed by atoms with Gasteiger partial charge in [0, 0.05) is 12.6 Å². The minimum Gasteiger partial charge on any atom is -0.207 e. The third-order valence-corrected chi connectivity index (χ3v) is 6.92. The average molecular weight is 347 g/mol. The minimum atomic E-state index is -4.46. The molecule has 23 heavy (non-hydrogen) atoms. The van der Waals surface area contributed by atoms with Crippen LogP contribution >= 0.6 is 0 Å². The van der Waals surface area contributed by atoms with Crippen molar-refractivity contribution < 1.29 is 21.6 Å². The number of halogens is 3. The maximum absolute atomic E-state index is 12.8. The molecule has 1 saturated carbocycles. The number of rotatable bonds is 2. The van der Waals surface area contributed by atoms with E-state index < -0.39 is 21.8 Å². The second-order valence-corrected chi connectivity index (χ2v) is 8.28. The van der Waals surface area contributed by atoms with Crippen LogP contribution in [0.3, 0.4) is 0 Å². The summed E-state index contributed by atoms with van der Waals surface area (Å²) in [5.74, 6) is 0.390. The molecule has 0 amide bonds. The van der Waals surface area contributed by atoms with E-state index >= 15 is 0 Å². The van der Waals surface area contributed by atoms with E-state index in [1.807, 2.05) is 0 Å². The zero-order valence-electron chi connectivity index (χ0n) is 12.7. The van der Waals surface area contributed by atoms with Crippen molar-refractivity contribution in [1.82, 2.24) is 4.31 Å². The van der Waals surface area contributed by atoms with Crippen LogP contribution in [0.1, 0.15) is 44.1 Å². The fourth-order valence-corrected chi connectivity index (χ4v) is 5.58.